The lowest BCUT2D eigenvalue weighted by Gasteiger charge is -2.26. The van der Waals surface area contributed by atoms with Crippen molar-refractivity contribution in [2.45, 2.75) is 26.8 Å². The summed E-state index contributed by atoms with van der Waals surface area (Å²) >= 11 is 0. The highest BCUT2D eigenvalue weighted by Crippen LogP contribution is 2.14. The van der Waals surface area contributed by atoms with E-state index in [1.54, 1.807) is 4.90 Å². The molecule has 8 heteroatoms. The fraction of sp³-hybridized carbons (Fsp3) is 0.400. The topological polar surface area (TPSA) is 93.5 Å². The summed E-state index contributed by atoms with van der Waals surface area (Å²) in [6, 6.07) is 8.30. The Balaban J connectivity index is 1.66. The van der Waals surface area contributed by atoms with Gasteiger partial charge in [-0.3, -0.25) is 14.4 Å². The number of ether oxygens (including phenoxy) is 1. The summed E-state index contributed by atoms with van der Waals surface area (Å²) in [6.07, 6.45) is 0.148. The van der Waals surface area contributed by atoms with Gasteiger partial charge in [0.05, 0.1) is 19.8 Å². The van der Waals surface area contributed by atoms with E-state index in [4.69, 9.17) is 4.74 Å². The molecule has 148 valence electrons. The van der Waals surface area contributed by atoms with Crippen LogP contribution in [-0.4, -0.2) is 52.8 Å². The van der Waals surface area contributed by atoms with E-state index in [0.29, 0.717) is 32.0 Å². The highest BCUT2D eigenvalue weighted by atomic mass is 16.5. The summed E-state index contributed by atoms with van der Waals surface area (Å²) in [6.45, 7) is 6.25. The number of aromatic nitrogens is 2. The number of carbonyl (C=O) groups is 2. The van der Waals surface area contributed by atoms with Crippen molar-refractivity contribution in [1.82, 2.24) is 14.7 Å². The van der Waals surface area contributed by atoms with Crippen LogP contribution in [0.3, 0.4) is 0 Å². The summed E-state index contributed by atoms with van der Waals surface area (Å²) < 4.78 is 6.39. The molecule has 1 saturated heterocycles. The zero-order valence-electron chi connectivity index (χ0n) is 16.1. The predicted octanol–water partition coefficient (Wildman–Crippen LogP) is 1.36. The van der Waals surface area contributed by atoms with Gasteiger partial charge >= 0.3 is 0 Å². The van der Waals surface area contributed by atoms with Crippen LogP contribution in [-0.2, 0) is 16.1 Å². The van der Waals surface area contributed by atoms with Crippen LogP contribution in [0, 0.1) is 13.8 Å². The molecule has 0 aliphatic carbocycles. The Morgan fingerprint density at radius 2 is 1.86 bits per heavy atom. The third kappa shape index (κ3) is 4.83. The first-order chi connectivity index (χ1) is 13.4. The van der Waals surface area contributed by atoms with Crippen molar-refractivity contribution in [1.29, 1.82) is 0 Å². The molecule has 1 N–H and O–H groups in total. The third-order valence-corrected chi connectivity index (χ3v) is 4.77. The molecule has 8 nitrogen and oxygen atoms in total. The Morgan fingerprint density at radius 3 is 2.57 bits per heavy atom. The first-order valence-corrected chi connectivity index (χ1v) is 9.26. The Labute approximate surface area is 163 Å². The second-order valence-corrected chi connectivity index (χ2v) is 6.78. The number of carbonyl (C=O) groups excluding carboxylic acids is 2. The van der Waals surface area contributed by atoms with Gasteiger partial charge in [0.15, 0.2) is 0 Å². The predicted molar refractivity (Wildman–Crippen MR) is 104 cm³/mol. The normalized spacial score (nSPS) is 14.0. The van der Waals surface area contributed by atoms with Crippen LogP contribution in [0.15, 0.2) is 35.1 Å². The summed E-state index contributed by atoms with van der Waals surface area (Å²) in [5.74, 6) is -0.460. The Kier molecular flexibility index (Phi) is 6.20. The molecule has 0 bridgehead atoms. The van der Waals surface area contributed by atoms with Crippen LogP contribution in [0.4, 0.5) is 5.69 Å². The maximum absolute atomic E-state index is 12.5. The molecule has 2 aromatic rings. The van der Waals surface area contributed by atoms with Crippen LogP contribution in [0.25, 0.3) is 0 Å². The molecule has 0 saturated carbocycles. The standard InChI is InChI=1S/C20H24N4O4/c1-14-3-4-16(13-15(14)2)21-20(27)17-5-6-19(26)24(22-17)8-7-18(25)23-9-11-28-12-10-23/h3-6,13H,7-12H2,1-2H3,(H,21,27). The van der Waals surface area contributed by atoms with Gasteiger partial charge in [0, 0.05) is 31.3 Å². The minimum atomic E-state index is -0.406. The van der Waals surface area contributed by atoms with Gasteiger partial charge in [-0.2, -0.15) is 5.10 Å². The van der Waals surface area contributed by atoms with E-state index in [1.807, 2.05) is 32.0 Å². The fourth-order valence-corrected chi connectivity index (χ4v) is 2.92. The van der Waals surface area contributed by atoms with Crippen molar-refractivity contribution in [2.75, 3.05) is 31.6 Å². The number of hydrogen-bond donors (Lipinski definition) is 1. The van der Waals surface area contributed by atoms with E-state index in [9.17, 15) is 14.4 Å². The lowest BCUT2D eigenvalue weighted by atomic mass is 10.1. The van der Waals surface area contributed by atoms with Crippen molar-refractivity contribution in [3.63, 3.8) is 0 Å². The second kappa shape index (κ2) is 8.79. The molecular formula is C20H24N4O4. The van der Waals surface area contributed by atoms with Crippen LogP contribution in [0.2, 0.25) is 0 Å². The summed E-state index contributed by atoms with van der Waals surface area (Å²) in [5, 5.41) is 6.91. The quantitative estimate of drug-likeness (QED) is 0.840. The molecule has 1 aromatic heterocycles. The number of anilines is 1. The molecule has 1 fully saturated rings. The Morgan fingerprint density at radius 1 is 1.11 bits per heavy atom. The summed E-state index contributed by atoms with van der Waals surface area (Å²) in [5.41, 5.74) is 2.64. The maximum Gasteiger partial charge on any atom is 0.276 e. The van der Waals surface area contributed by atoms with E-state index in [2.05, 4.69) is 10.4 Å². The Hall–Kier alpha value is -3.00. The molecule has 2 heterocycles. The monoisotopic (exact) mass is 384 g/mol. The van der Waals surface area contributed by atoms with Crippen molar-refractivity contribution < 1.29 is 14.3 Å². The number of nitrogens with one attached hydrogen (secondary N) is 1. The molecule has 0 radical (unpaired) electrons. The van der Waals surface area contributed by atoms with Crippen molar-refractivity contribution >= 4 is 17.5 Å². The van der Waals surface area contributed by atoms with E-state index >= 15 is 0 Å². The Bertz CT molecular complexity index is 932. The zero-order chi connectivity index (χ0) is 20.1. The lowest BCUT2D eigenvalue weighted by Crippen LogP contribution is -2.41. The van der Waals surface area contributed by atoms with Crippen LogP contribution in [0.1, 0.15) is 28.0 Å². The lowest BCUT2D eigenvalue weighted by molar-refractivity contribution is -0.135. The summed E-state index contributed by atoms with van der Waals surface area (Å²) in [7, 11) is 0. The molecule has 3 rings (SSSR count). The average molecular weight is 384 g/mol. The largest absolute Gasteiger partial charge is 0.378 e. The molecule has 0 atom stereocenters. The van der Waals surface area contributed by atoms with Gasteiger partial charge in [-0.1, -0.05) is 6.07 Å². The third-order valence-electron chi connectivity index (χ3n) is 4.77. The number of hydrogen-bond acceptors (Lipinski definition) is 5. The van der Waals surface area contributed by atoms with Crippen molar-refractivity contribution in [3.05, 3.63) is 57.5 Å². The van der Waals surface area contributed by atoms with Gasteiger partial charge < -0.3 is 15.0 Å². The molecule has 2 amide bonds. The average Bonchev–Trinajstić information content (AvgIpc) is 2.70. The maximum atomic E-state index is 12.5. The highest BCUT2D eigenvalue weighted by Gasteiger charge is 2.17. The smallest absolute Gasteiger partial charge is 0.276 e. The van der Waals surface area contributed by atoms with Crippen LogP contribution >= 0.6 is 0 Å². The highest BCUT2D eigenvalue weighted by molar-refractivity contribution is 6.02. The SMILES string of the molecule is Cc1ccc(NC(=O)c2ccc(=O)n(CCC(=O)N3CCOCC3)n2)cc1C. The van der Waals surface area contributed by atoms with E-state index in [0.717, 1.165) is 15.8 Å². The molecule has 0 spiro atoms. The fourth-order valence-electron chi connectivity index (χ4n) is 2.92. The van der Waals surface area contributed by atoms with Gasteiger partial charge in [-0.05, 0) is 43.2 Å². The van der Waals surface area contributed by atoms with E-state index in [1.165, 1.54) is 12.1 Å². The number of nitrogens with zero attached hydrogens (tertiary/aromatic N) is 3. The zero-order valence-corrected chi connectivity index (χ0v) is 16.1. The first kappa shape index (κ1) is 19.8. The van der Waals surface area contributed by atoms with Crippen LogP contribution < -0.4 is 10.9 Å². The van der Waals surface area contributed by atoms with Crippen molar-refractivity contribution in [3.8, 4) is 0 Å². The number of amides is 2. The molecule has 1 aliphatic rings. The molecular weight excluding hydrogens is 360 g/mol. The molecule has 1 aromatic carbocycles. The minimum absolute atomic E-state index is 0.0537. The molecule has 1 aliphatic heterocycles. The second-order valence-electron chi connectivity index (χ2n) is 6.78. The number of morpholine rings is 1. The minimum Gasteiger partial charge on any atom is -0.378 e. The number of aryl methyl sites for hydroxylation is 3. The first-order valence-electron chi connectivity index (χ1n) is 9.26. The van der Waals surface area contributed by atoms with E-state index in [-0.39, 0.29) is 30.1 Å². The van der Waals surface area contributed by atoms with Gasteiger partial charge in [0.25, 0.3) is 11.5 Å². The van der Waals surface area contributed by atoms with Gasteiger partial charge in [0.2, 0.25) is 5.91 Å². The summed E-state index contributed by atoms with van der Waals surface area (Å²) in [4.78, 5) is 38.5. The molecule has 0 unspecified atom stereocenters. The van der Waals surface area contributed by atoms with E-state index < -0.39 is 5.91 Å². The number of rotatable bonds is 5. The van der Waals surface area contributed by atoms with Gasteiger partial charge in [-0.15, -0.1) is 0 Å². The van der Waals surface area contributed by atoms with Gasteiger partial charge in [-0.25, -0.2) is 4.68 Å². The molecule has 28 heavy (non-hydrogen) atoms. The van der Waals surface area contributed by atoms with Crippen molar-refractivity contribution in [2.24, 2.45) is 0 Å². The number of benzene rings is 1. The van der Waals surface area contributed by atoms with Crippen LogP contribution in [0.5, 0.6) is 0 Å². The van der Waals surface area contributed by atoms with Gasteiger partial charge in [0.1, 0.15) is 5.69 Å².